The molecule has 0 aliphatic heterocycles. The van der Waals surface area contributed by atoms with Gasteiger partial charge in [0.25, 0.3) is 0 Å². The lowest BCUT2D eigenvalue weighted by Crippen LogP contribution is -2.10. The molecule has 5 heteroatoms. The summed E-state index contributed by atoms with van der Waals surface area (Å²) in [6, 6.07) is 9.63. The minimum absolute atomic E-state index is 0.0650. The van der Waals surface area contributed by atoms with Crippen molar-refractivity contribution in [3.05, 3.63) is 36.5 Å². The molecule has 2 aromatic rings. The number of unbranched alkanes of at least 4 members (excludes halogenated alkanes) is 1. The third kappa shape index (κ3) is 4.21. The van der Waals surface area contributed by atoms with E-state index in [9.17, 15) is 4.79 Å². The van der Waals surface area contributed by atoms with Crippen molar-refractivity contribution in [2.45, 2.75) is 19.3 Å². The number of benzene rings is 1. The zero-order valence-corrected chi connectivity index (χ0v) is 12.1. The van der Waals surface area contributed by atoms with Crippen LogP contribution in [0.1, 0.15) is 19.3 Å². The fraction of sp³-hybridized carbons (Fsp3) is 0.286. The number of nitrogens with one attached hydrogen (secondary N) is 2. The summed E-state index contributed by atoms with van der Waals surface area (Å²) in [5.74, 6) is 0.0650. The van der Waals surface area contributed by atoms with Crippen LogP contribution in [0.4, 0.5) is 5.69 Å². The Labute approximate surface area is 120 Å². The fourth-order valence-corrected chi connectivity index (χ4v) is 2.15. The van der Waals surface area contributed by atoms with E-state index in [1.54, 1.807) is 6.20 Å². The average Bonchev–Trinajstić information content (AvgIpc) is 2.94. The number of hydrogen-bond acceptors (Lipinski definition) is 2. The minimum Gasteiger partial charge on any atom is -0.326 e. The molecule has 0 atom stereocenters. The van der Waals surface area contributed by atoms with Crippen molar-refractivity contribution in [2.75, 3.05) is 10.6 Å². The van der Waals surface area contributed by atoms with Crippen LogP contribution in [0, 0.1) is 0 Å². The maximum absolute atomic E-state index is 11.7. The van der Waals surface area contributed by atoms with Crippen LogP contribution in [0.2, 0.25) is 0 Å². The Balaban J connectivity index is 1.90. The molecule has 0 saturated carbocycles. The number of nitrogens with zero attached hydrogens (tertiary/aromatic N) is 1. The highest BCUT2D eigenvalue weighted by atomic mass is 79.9. The second kappa shape index (κ2) is 7.09. The molecule has 1 aromatic carbocycles. The van der Waals surface area contributed by atoms with Crippen molar-refractivity contribution in [1.29, 1.82) is 0 Å². The molecule has 100 valence electrons. The molecule has 0 saturated heterocycles. The van der Waals surface area contributed by atoms with Gasteiger partial charge in [0.05, 0.1) is 5.69 Å². The Morgan fingerprint density at radius 1 is 1.21 bits per heavy atom. The van der Waals surface area contributed by atoms with Crippen molar-refractivity contribution < 1.29 is 4.79 Å². The summed E-state index contributed by atoms with van der Waals surface area (Å²) in [7, 11) is 0. The number of halogens is 1. The van der Waals surface area contributed by atoms with E-state index in [1.165, 1.54) is 0 Å². The fourth-order valence-electron chi connectivity index (χ4n) is 1.75. The second-order valence-corrected chi connectivity index (χ2v) is 5.03. The van der Waals surface area contributed by atoms with Gasteiger partial charge in [-0.05, 0) is 36.6 Å². The molecule has 0 aliphatic carbocycles. The maximum atomic E-state index is 11.7. The number of anilines is 1. The van der Waals surface area contributed by atoms with E-state index < -0.39 is 0 Å². The van der Waals surface area contributed by atoms with Crippen LogP contribution in [0.5, 0.6) is 0 Å². The van der Waals surface area contributed by atoms with E-state index in [-0.39, 0.29) is 5.91 Å². The van der Waals surface area contributed by atoms with Gasteiger partial charge < -0.3 is 5.32 Å². The third-order valence-corrected chi connectivity index (χ3v) is 3.33. The summed E-state index contributed by atoms with van der Waals surface area (Å²) < 4.78 is 0. The Kier molecular flexibility index (Phi) is 5.15. The molecule has 0 spiro atoms. The van der Waals surface area contributed by atoms with Crippen LogP contribution in [0.25, 0.3) is 11.3 Å². The summed E-state index contributed by atoms with van der Waals surface area (Å²) in [6.07, 6.45) is 4.21. The van der Waals surface area contributed by atoms with Crippen LogP contribution >= 0.6 is 15.9 Å². The van der Waals surface area contributed by atoms with Crippen molar-refractivity contribution in [1.82, 2.24) is 10.2 Å². The number of H-pyrrole nitrogens is 1. The molecule has 1 amide bonds. The van der Waals surface area contributed by atoms with Crippen molar-refractivity contribution >= 4 is 27.5 Å². The summed E-state index contributed by atoms with van der Waals surface area (Å²) in [4.78, 5) is 11.7. The Morgan fingerprint density at radius 3 is 2.63 bits per heavy atom. The summed E-state index contributed by atoms with van der Waals surface area (Å²) in [6.45, 7) is 0. The summed E-state index contributed by atoms with van der Waals surface area (Å²) in [5, 5.41) is 10.7. The van der Waals surface area contributed by atoms with Crippen LogP contribution in [0.3, 0.4) is 0 Å². The Morgan fingerprint density at radius 2 is 2.00 bits per heavy atom. The van der Waals surface area contributed by atoms with Gasteiger partial charge in [-0.15, -0.1) is 0 Å². The number of rotatable bonds is 6. The molecular formula is C14H16BrN3O. The molecular weight excluding hydrogens is 306 g/mol. The molecule has 1 aromatic heterocycles. The highest BCUT2D eigenvalue weighted by molar-refractivity contribution is 9.09. The van der Waals surface area contributed by atoms with Gasteiger partial charge in [0.1, 0.15) is 0 Å². The standard InChI is InChI=1S/C14H16BrN3O/c15-9-2-1-3-14(19)17-12-6-4-11(5-7-12)13-8-10-16-18-13/h4-8,10H,1-3,9H2,(H,16,18)(H,17,19). The second-order valence-electron chi connectivity index (χ2n) is 4.24. The molecule has 2 rings (SSSR count). The lowest BCUT2D eigenvalue weighted by molar-refractivity contribution is -0.116. The maximum Gasteiger partial charge on any atom is 0.224 e. The third-order valence-electron chi connectivity index (χ3n) is 2.77. The van der Waals surface area contributed by atoms with Crippen molar-refractivity contribution in [3.63, 3.8) is 0 Å². The van der Waals surface area contributed by atoms with Gasteiger partial charge in [-0.3, -0.25) is 9.89 Å². The monoisotopic (exact) mass is 321 g/mol. The smallest absolute Gasteiger partial charge is 0.224 e. The lowest BCUT2D eigenvalue weighted by atomic mass is 10.1. The first-order valence-electron chi connectivity index (χ1n) is 6.25. The number of amides is 1. The quantitative estimate of drug-likeness (QED) is 0.631. The molecule has 4 nitrogen and oxygen atoms in total. The zero-order chi connectivity index (χ0) is 13.5. The van der Waals surface area contributed by atoms with E-state index in [0.29, 0.717) is 6.42 Å². The first kappa shape index (κ1) is 13.8. The van der Waals surface area contributed by atoms with E-state index in [0.717, 1.165) is 35.1 Å². The SMILES string of the molecule is O=C(CCCCBr)Nc1ccc(-c2ccn[nH]2)cc1. The number of carbonyl (C=O) groups excluding carboxylic acids is 1. The number of aromatic nitrogens is 2. The topological polar surface area (TPSA) is 57.8 Å². The number of aromatic amines is 1. The lowest BCUT2D eigenvalue weighted by Gasteiger charge is -2.05. The van der Waals surface area contributed by atoms with Crippen LogP contribution in [-0.4, -0.2) is 21.4 Å². The van der Waals surface area contributed by atoms with Gasteiger partial charge in [0.15, 0.2) is 0 Å². The first-order valence-corrected chi connectivity index (χ1v) is 7.37. The molecule has 0 aliphatic rings. The van der Waals surface area contributed by atoms with Crippen molar-refractivity contribution in [2.24, 2.45) is 0 Å². The van der Waals surface area contributed by atoms with E-state index in [2.05, 4.69) is 31.4 Å². The van der Waals surface area contributed by atoms with E-state index >= 15 is 0 Å². The normalized spacial score (nSPS) is 10.4. The average molecular weight is 322 g/mol. The number of carbonyl (C=O) groups is 1. The number of alkyl halides is 1. The Hall–Kier alpha value is -1.62. The van der Waals surface area contributed by atoms with Gasteiger partial charge >= 0.3 is 0 Å². The largest absolute Gasteiger partial charge is 0.326 e. The Bertz CT molecular complexity index is 508. The van der Waals surface area contributed by atoms with E-state index in [4.69, 9.17) is 0 Å². The molecule has 0 unspecified atom stereocenters. The van der Waals surface area contributed by atoms with Gasteiger partial charge in [-0.1, -0.05) is 28.1 Å². The highest BCUT2D eigenvalue weighted by Gasteiger charge is 2.03. The minimum atomic E-state index is 0.0650. The summed E-state index contributed by atoms with van der Waals surface area (Å²) in [5.41, 5.74) is 2.84. The van der Waals surface area contributed by atoms with E-state index in [1.807, 2.05) is 30.3 Å². The predicted molar refractivity (Wildman–Crippen MR) is 80.3 cm³/mol. The van der Waals surface area contributed by atoms with Crippen LogP contribution in [0.15, 0.2) is 36.5 Å². The zero-order valence-electron chi connectivity index (χ0n) is 10.5. The van der Waals surface area contributed by atoms with Gasteiger partial charge in [-0.2, -0.15) is 5.10 Å². The van der Waals surface area contributed by atoms with Crippen molar-refractivity contribution in [3.8, 4) is 11.3 Å². The molecule has 2 N–H and O–H groups in total. The van der Waals surface area contributed by atoms with Crippen LogP contribution < -0.4 is 5.32 Å². The van der Waals surface area contributed by atoms with Gasteiger partial charge in [0.2, 0.25) is 5.91 Å². The highest BCUT2D eigenvalue weighted by Crippen LogP contribution is 2.19. The summed E-state index contributed by atoms with van der Waals surface area (Å²) >= 11 is 3.35. The molecule has 0 bridgehead atoms. The molecule has 0 radical (unpaired) electrons. The predicted octanol–water partition coefficient (Wildman–Crippen LogP) is 3.58. The van der Waals surface area contributed by atoms with Gasteiger partial charge in [0, 0.05) is 23.6 Å². The molecule has 19 heavy (non-hydrogen) atoms. The molecule has 1 heterocycles. The molecule has 0 fully saturated rings. The van der Waals surface area contributed by atoms with Gasteiger partial charge in [-0.25, -0.2) is 0 Å². The first-order chi connectivity index (χ1) is 9.29. The number of hydrogen-bond donors (Lipinski definition) is 2. The van der Waals surface area contributed by atoms with Crippen LogP contribution in [-0.2, 0) is 4.79 Å².